The van der Waals surface area contributed by atoms with Crippen molar-refractivity contribution in [3.05, 3.63) is 23.8 Å². The van der Waals surface area contributed by atoms with E-state index < -0.39 is 0 Å². The average Bonchev–Trinajstić information content (AvgIpc) is 2.41. The van der Waals surface area contributed by atoms with Crippen molar-refractivity contribution >= 4 is 5.78 Å². The molecule has 0 radical (unpaired) electrons. The summed E-state index contributed by atoms with van der Waals surface area (Å²) < 4.78 is 0. The number of hydrogen-bond acceptors (Lipinski definition) is 5. The molecule has 0 aliphatic carbocycles. The fourth-order valence-electron chi connectivity index (χ4n) is 2.53. The zero-order chi connectivity index (χ0) is 14.5. The van der Waals surface area contributed by atoms with Gasteiger partial charge < -0.3 is 15.1 Å². The Hall–Kier alpha value is -1.59. The summed E-state index contributed by atoms with van der Waals surface area (Å²) >= 11 is 0. The van der Waals surface area contributed by atoms with Crippen LogP contribution in [0.3, 0.4) is 0 Å². The molecule has 1 heterocycles. The lowest BCUT2D eigenvalue weighted by Gasteiger charge is -2.34. The molecule has 5 heteroatoms. The van der Waals surface area contributed by atoms with Gasteiger partial charge in [-0.15, -0.1) is 0 Å². The van der Waals surface area contributed by atoms with Gasteiger partial charge >= 0.3 is 0 Å². The quantitative estimate of drug-likeness (QED) is 0.795. The second-order valence-corrected chi connectivity index (χ2v) is 5.24. The van der Waals surface area contributed by atoms with Crippen LogP contribution in [-0.2, 0) is 0 Å². The van der Waals surface area contributed by atoms with Crippen LogP contribution >= 0.6 is 0 Å². The van der Waals surface area contributed by atoms with E-state index in [0.29, 0.717) is 6.54 Å². The van der Waals surface area contributed by atoms with Crippen LogP contribution in [0.4, 0.5) is 0 Å². The number of hydrogen-bond donors (Lipinski definition) is 2. The van der Waals surface area contributed by atoms with Crippen LogP contribution in [-0.4, -0.2) is 65.1 Å². The van der Waals surface area contributed by atoms with Crippen molar-refractivity contribution in [1.29, 1.82) is 0 Å². The number of rotatable bonds is 5. The zero-order valence-electron chi connectivity index (χ0n) is 11.9. The molecule has 1 aromatic rings. The van der Waals surface area contributed by atoms with E-state index in [1.165, 1.54) is 18.2 Å². The Balaban J connectivity index is 1.89. The lowest BCUT2D eigenvalue weighted by molar-refractivity contribution is 0.0850. The Bertz CT molecular complexity index is 468. The van der Waals surface area contributed by atoms with Crippen LogP contribution in [0.1, 0.15) is 23.7 Å². The molecule has 2 N–H and O–H groups in total. The fraction of sp³-hybridized carbons (Fsp3) is 0.533. The Morgan fingerprint density at radius 2 is 1.80 bits per heavy atom. The van der Waals surface area contributed by atoms with Crippen molar-refractivity contribution < 1.29 is 15.0 Å². The highest BCUT2D eigenvalue weighted by Gasteiger charge is 2.20. The standard InChI is InChI=1S/C15H22N2O3/c1-2-5-16-6-8-17(9-7-16)11-15(20)13-4-3-12(18)10-14(13)19/h3-4,10,18-19H,2,5-9,11H2,1H3. The normalized spacial score (nSPS) is 17.2. The van der Waals surface area contributed by atoms with Crippen molar-refractivity contribution in [2.45, 2.75) is 13.3 Å². The molecule has 20 heavy (non-hydrogen) atoms. The van der Waals surface area contributed by atoms with Crippen LogP contribution in [0.5, 0.6) is 11.5 Å². The largest absolute Gasteiger partial charge is 0.508 e. The number of ketones is 1. The summed E-state index contributed by atoms with van der Waals surface area (Å²) in [5, 5.41) is 18.9. The number of nitrogens with zero attached hydrogens (tertiary/aromatic N) is 2. The summed E-state index contributed by atoms with van der Waals surface area (Å²) in [4.78, 5) is 16.7. The van der Waals surface area contributed by atoms with Crippen molar-refractivity contribution in [2.75, 3.05) is 39.3 Å². The third kappa shape index (κ3) is 3.71. The lowest BCUT2D eigenvalue weighted by atomic mass is 10.1. The Morgan fingerprint density at radius 1 is 1.15 bits per heavy atom. The fourth-order valence-corrected chi connectivity index (χ4v) is 2.53. The van der Waals surface area contributed by atoms with Crippen LogP contribution in [0.2, 0.25) is 0 Å². The maximum Gasteiger partial charge on any atom is 0.180 e. The predicted octanol–water partition coefficient (Wildman–Crippen LogP) is 1.31. The molecule has 1 saturated heterocycles. The lowest BCUT2D eigenvalue weighted by Crippen LogP contribution is -2.47. The Kier molecular flexibility index (Phi) is 4.98. The second kappa shape index (κ2) is 6.72. The third-order valence-electron chi connectivity index (χ3n) is 3.65. The number of benzene rings is 1. The van der Waals surface area contributed by atoms with E-state index in [9.17, 15) is 15.0 Å². The van der Waals surface area contributed by atoms with E-state index in [0.717, 1.165) is 39.1 Å². The van der Waals surface area contributed by atoms with Gasteiger partial charge in [0, 0.05) is 32.2 Å². The first-order chi connectivity index (χ1) is 9.60. The molecule has 1 aromatic carbocycles. The van der Waals surface area contributed by atoms with Gasteiger partial charge in [0.05, 0.1) is 12.1 Å². The Morgan fingerprint density at radius 3 is 2.40 bits per heavy atom. The molecule has 110 valence electrons. The van der Waals surface area contributed by atoms with Gasteiger partial charge in [-0.2, -0.15) is 0 Å². The van der Waals surface area contributed by atoms with Gasteiger partial charge in [0.1, 0.15) is 11.5 Å². The molecule has 0 saturated carbocycles. The smallest absolute Gasteiger partial charge is 0.180 e. The molecule has 0 bridgehead atoms. The number of carbonyl (C=O) groups excluding carboxylic acids is 1. The number of piperazine rings is 1. The molecule has 1 aliphatic heterocycles. The van der Waals surface area contributed by atoms with Crippen LogP contribution in [0, 0.1) is 0 Å². The minimum atomic E-state index is -0.153. The van der Waals surface area contributed by atoms with Crippen molar-refractivity contribution in [3.8, 4) is 11.5 Å². The highest BCUT2D eigenvalue weighted by Crippen LogP contribution is 2.23. The van der Waals surface area contributed by atoms with Gasteiger partial charge in [-0.25, -0.2) is 0 Å². The van der Waals surface area contributed by atoms with Gasteiger partial charge in [0.2, 0.25) is 0 Å². The maximum absolute atomic E-state index is 12.2. The molecule has 1 fully saturated rings. The number of Topliss-reactive ketones (excluding diaryl/α,β-unsaturated/α-hetero) is 1. The maximum atomic E-state index is 12.2. The van der Waals surface area contributed by atoms with E-state index in [1.54, 1.807) is 0 Å². The Labute approximate surface area is 119 Å². The van der Waals surface area contributed by atoms with Crippen molar-refractivity contribution in [3.63, 3.8) is 0 Å². The van der Waals surface area contributed by atoms with Gasteiger partial charge in [-0.05, 0) is 25.1 Å². The SMILES string of the molecule is CCCN1CCN(CC(=O)c2ccc(O)cc2O)CC1. The van der Waals surface area contributed by atoms with E-state index in [4.69, 9.17) is 0 Å². The molecule has 0 spiro atoms. The van der Waals surface area contributed by atoms with Crippen molar-refractivity contribution in [2.24, 2.45) is 0 Å². The molecule has 0 amide bonds. The van der Waals surface area contributed by atoms with Crippen LogP contribution in [0.15, 0.2) is 18.2 Å². The number of aromatic hydroxyl groups is 2. The first kappa shape index (κ1) is 14.8. The predicted molar refractivity (Wildman–Crippen MR) is 77.3 cm³/mol. The number of phenols is 2. The molecular formula is C15H22N2O3. The second-order valence-electron chi connectivity index (χ2n) is 5.24. The molecule has 0 atom stereocenters. The zero-order valence-corrected chi connectivity index (χ0v) is 11.9. The molecule has 2 rings (SSSR count). The first-order valence-corrected chi connectivity index (χ1v) is 7.10. The van der Waals surface area contributed by atoms with E-state index >= 15 is 0 Å². The minimum Gasteiger partial charge on any atom is -0.508 e. The monoisotopic (exact) mass is 278 g/mol. The summed E-state index contributed by atoms with van der Waals surface area (Å²) in [5.41, 5.74) is 0.277. The van der Waals surface area contributed by atoms with E-state index in [-0.39, 0.29) is 22.8 Å². The molecule has 5 nitrogen and oxygen atoms in total. The van der Waals surface area contributed by atoms with Gasteiger partial charge in [0.25, 0.3) is 0 Å². The van der Waals surface area contributed by atoms with Gasteiger partial charge in [-0.1, -0.05) is 6.92 Å². The molecule has 0 unspecified atom stereocenters. The van der Waals surface area contributed by atoms with Gasteiger partial charge in [0.15, 0.2) is 5.78 Å². The molecular weight excluding hydrogens is 256 g/mol. The van der Waals surface area contributed by atoms with E-state index in [1.807, 2.05) is 0 Å². The molecule has 1 aliphatic rings. The highest BCUT2D eigenvalue weighted by molar-refractivity contribution is 6.00. The molecule has 0 aromatic heterocycles. The third-order valence-corrected chi connectivity index (χ3v) is 3.65. The number of phenolic OH excluding ortho intramolecular Hbond substituents is 2. The summed E-state index contributed by atoms with van der Waals surface area (Å²) in [6, 6.07) is 4.10. The highest BCUT2D eigenvalue weighted by atomic mass is 16.3. The van der Waals surface area contributed by atoms with Crippen LogP contribution < -0.4 is 0 Å². The summed E-state index contributed by atoms with van der Waals surface area (Å²) in [7, 11) is 0. The van der Waals surface area contributed by atoms with E-state index in [2.05, 4.69) is 16.7 Å². The topological polar surface area (TPSA) is 64.0 Å². The number of carbonyl (C=O) groups is 1. The van der Waals surface area contributed by atoms with Crippen molar-refractivity contribution in [1.82, 2.24) is 9.80 Å². The summed E-state index contributed by atoms with van der Waals surface area (Å²) in [6.45, 7) is 7.34. The first-order valence-electron chi connectivity index (χ1n) is 7.10. The van der Waals surface area contributed by atoms with Crippen LogP contribution in [0.25, 0.3) is 0 Å². The van der Waals surface area contributed by atoms with Gasteiger partial charge in [-0.3, -0.25) is 9.69 Å². The minimum absolute atomic E-state index is 0.0350. The average molecular weight is 278 g/mol. The summed E-state index contributed by atoms with van der Waals surface area (Å²) in [6.07, 6.45) is 1.15. The summed E-state index contributed by atoms with van der Waals surface area (Å²) in [5.74, 6) is -0.293.